The Kier molecular flexibility index (Phi) is 5.82. The summed E-state index contributed by atoms with van der Waals surface area (Å²) in [5, 5.41) is 3.37. The molecule has 1 rings (SSSR count). The Morgan fingerprint density at radius 3 is 2.59 bits per heavy atom. The van der Waals surface area contributed by atoms with E-state index in [-0.39, 0.29) is 0 Å². The van der Waals surface area contributed by atoms with Crippen LogP contribution in [-0.2, 0) is 6.42 Å². The average molecular weight is 231 g/mol. The Morgan fingerprint density at radius 1 is 1.24 bits per heavy atom. The maximum Gasteiger partial charge on any atom is 0.0384 e. The minimum absolute atomic E-state index is 1.04. The standard InChI is InChI=1S/C16H25N/c1-5-7-9-15-10-11-16(12-13(15)3)17-14(4)8-6-2/h10-12,17H,4-9H2,1-3H3. The van der Waals surface area contributed by atoms with E-state index in [0.717, 1.165) is 18.5 Å². The van der Waals surface area contributed by atoms with Gasteiger partial charge in [-0.3, -0.25) is 0 Å². The summed E-state index contributed by atoms with van der Waals surface area (Å²) >= 11 is 0. The van der Waals surface area contributed by atoms with E-state index in [1.54, 1.807) is 0 Å². The highest BCUT2D eigenvalue weighted by molar-refractivity contribution is 5.51. The predicted octanol–water partition coefficient (Wildman–Crippen LogP) is 5.06. The molecule has 0 aliphatic heterocycles. The van der Waals surface area contributed by atoms with Crippen molar-refractivity contribution < 1.29 is 0 Å². The van der Waals surface area contributed by atoms with Gasteiger partial charge in [0.2, 0.25) is 0 Å². The van der Waals surface area contributed by atoms with Gasteiger partial charge in [-0.2, -0.15) is 0 Å². The van der Waals surface area contributed by atoms with E-state index in [2.05, 4.69) is 50.9 Å². The Labute approximate surface area is 106 Å². The minimum Gasteiger partial charge on any atom is -0.359 e. The molecular formula is C16H25N. The Morgan fingerprint density at radius 2 is 2.00 bits per heavy atom. The molecule has 1 aromatic carbocycles. The number of allylic oxidation sites excluding steroid dienone is 1. The van der Waals surface area contributed by atoms with Crippen LogP contribution in [0, 0.1) is 6.92 Å². The molecule has 94 valence electrons. The van der Waals surface area contributed by atoms with Gasteiger partial charge in [0.25, 0.3) is 0 Å². The third-order valence-corrected chi connectivity index (χ3v) is 3.02. The maximum absolute atomic E-state index is 4.03. The third kappa shape index (κ3) is 4.64. The van der Waals surface area contributed by atoms with E-state index >= 15 is 0 Å². The van der Waals surface area contributed by atoms with Crippen LogP contribution in [0.1, 0.15) is 50.7 Å². The predicted molar refractivity (Wildman–Crippen MR) is 77.5 cm³/mol. The van der Waals surface area contributed by atoms with Crippen LogP contribution in [0.3, 0.4) is 0 Å². The van der Waals surface area contributed by atoms with Gasteiger partial charge in [-0.15, -0.1) is 0 Å². The lowest BCUT2D eigenvalue weighted by Gasteiger charge is -2.11. The van der Waals surface area contributed by atoms with E-state index in [1.807, 2.05) is 0 Å². The third-order valence-electron chi connectivity index (χ3n) is 3.02. The molecule has 0 fully saturated rings. The normalized spacial score (nSPS) is 10.3. The van der Waals surface area contributed by atoms with Crippen molar-refractivity contribution >= 4 is 5.69 Å². The lowest BCUT2D eigenvalue weighted by Crippen LogP contribution is -1.99. The van der Waals surface area contributed by atoms with Gasteiger partial charge in [0.1, 0.15) is 0 Å². The summed E-state index contributed by atoms with van der Waals surface area (Å²) in [5.41, 5.74) is 5.13. The SMILES string of the molecule is C=C(CCC)Nc1ccc(CCCC)c(C)c1. The summed E-state index contributed by atoms with van der Waals surface area (Å²) in [7, 11) is 0. The summed E-state index contributed by atoms with van der Waals surface area (Å²) in [6.07, 6.45) is 5.90. The van der Waals surface area contributed by atoms with Gasteiger partial charge in [-0.25, -0.2) is 0 Å². The fraction of sp³-hybridized carbons (Fsp3) is 0.500. The van der Waals surface area contributed by atoms with Crippen LogP contribution in [0.4, 0.5) is 5.69 Å². The molecule has 0 atom stereocenters. The molecule has 0 saturated carbocycles. The van der Waals surface area contributed by atoms with Crippen molar-refractivity contribution in [2.75, 3.05) is 5.32 Å². The quantitative estimate of drug-likeness (QED) is 0.691. The summed E-state index contributed by atoms with van der Waals surface area (Å²) in [5.74, 6) is 0. The van der Waals surface area contributed by atoms with E-state index in [9.17, 15) is 0 Å². The molecule has 1 heteroatoms. The molecule has 0 bridgehead atoms. The molecule has 0 saturated heterocycles. The Bertz CT molecular complexity index is 366. The molecule has 0 unspecified atom stereocenters. The summed E-state index contributed by atoms with van der Waals surface area (Å²) in [4.78, 5) is 0. The number of unbranched alkanes of at least 4 members (excludes halogenated alkanes) is 1. The highest BCUT2D eigenvalue weighted by atomic mass is 14.9. The van der Waals surface area contributed by atoms with Crippen molar-refractivity contribution in [2.24, 2.45) is 0 Å². The van der Waals surface area contributed by atoms with Crippen molar-refractivity contribution in [2.45, 2.75) is 52.9 Å². The first kappa shape index (κ1) is 13.8. The Hall–Kier alpha value is -1.24. The van der Waals surface area contributed by atoms with Crippen LogP contribution in [0.15, 0.2) is 30.5 Å². The zero-order valence-electron chi connectivity index (χ0n) is 11.5. The molecule has 1 N–H and O–H groups in total. The lowest BCUT2D eigenvalue weighted by atomic mass is 10.0. The molecule has 0 aliphatic carbocycles. The zero-order chi connectivity index (χ0) is 12.7. The first-order valence-corrected chi connectivity index (χ1v) is 6.71. The molecule has 17 heavy (non-hydrogen) atoms. The second kappa shape index (κ2) is 7.16. The largest absolute Gasteiger partial charge is 0.359 e. The molecule has 0 heterocycles. The summed E-state index contributed by atoms with van der Waals surface area (Å²) < 4.78 is 0. The molecule has 0 amide bonds. The van der Waals surface area contributed by atoms with Crippen LogP contribution in [-0.4, -0.2) is 0 Å². The van der Waals surface area contributed by atoms with Gasteiger partial charge >= 0.3 is 0 Å². The van der Waals surface area contributed by atoms with Gasteiger partial charge < -0.3 is 5.32 Å². The lowest BCUT2D eigenvalue weighted by molar-refractivity contribution is 0.791. The molecule has 0 radical (unpaired) electrons. The highest BCUT2D eigenvalue weighted by Crippen LogP contribution is 2.19. The van der Waals surface area contributed by atoms with Gasteiger partial charge in [0.05, 0.1) is 0 Å². The van der Waals surface area contributed by atoms with Crippen LogP contribution >= 0.6 is 0 Å². The molecule has 0 aromatic heterocycles. The van der Waals surface area contributed by atoms with E-state index in [0.29, 0.717) is 0 Å². The van der Waals surface area contributed by atoms with Crippen LogP contribution in [0.5, 0.6) is 0 Å². The highest BCUT2D eigenvalue weighted by Gasteiger charge is 2.00. The van der Waals surface area contributed by atoms with Crippen LogP contribution < -0.4 is 5.32 Å². The average Bonchev–Trinajstić information content (AvgIpc) is 2.28. The van der Waals surface area contributed by atoms with Crippen molar-refractivity contribution in [3.63, 3.8) is 0 Å². The summed E-state index contributed by atoms with van der Waals surface area (Å²) in [6.45, 7) is 10.6. The number of rotatable bonds is 7. The van der Waals surface area contributed by atoms with E-state index in [4.69, 9.17) is 0 Å². The number of aryl methyl sites for hydroxylation is 2. The topological polar surface area (TPSA) is 12.0 Å². The fourth-order valence-corrected chi connectivity index (χ4v) is 1.99. The summed E-state index contributed by atoms with van der Waals surface area (Å²) in [6, 6.07) is 6.64. The van der Waals surface area contributed by atoms with Gasteiger partial charge in [-0.1, -0.05) is 39.3 Å². The molecule has 0 spiro atoms. The molecular weight excluding hydrogens is 206 g/mol. The van der Waals surface area contributed by atoms with Crippen molar-refractivity contribution in [3.05, 3.63) is 41.6 Å². The van der Waals surface area contributed by atoms with Gasteiger partial charge in [0, 0.05) is 11.4 Å². The second-order valence-corrected chi connectivity index (χ2v) is 4.72. The number of benzene rings is 1. The smallest absolute Gasteiger partial charge is 0.0384 e. The molecule has 1 aromatic rings. The monoisotopic (exact) mass is 231 g/mol. The fourth-order valence-electron chi connectivity index (χ4n) is 1.99. The number of hydrogen-bond acceptors (Lipinski definition) is 1. The van der Waals surface area contributed by atoms with Crippen molar-refractivity contribution in [1.82, 2.24) is 0 Å². The molecule has 1 nitrogen and oxygen atoms in total. The van der Waals surface area contributed by atoms with Crippen LogP contribution in [0.2, 0.25) is 0 Å². The van der Waals surface area contributed by atoms with E-state index < -0.39 is 0 Å². The first-order chi connectivity index (χ1) is 8.17. The first-order valence-electron chi connectivity index (χ1n) is 6.71. The van der Waals surface area contributed by atoms with Crippen LogP contribution in [0.25, 0.3) is 0 Å². The number of anilines is 1. The zero-order valence-corrected chi connectivity index (χ0v) is 11.5. The van der Waals surface area contributed by atoms with Gasteiger partial charge in [-0.05, 0) is 49.4 Å². The molecule has 0 aliphatic rings. The van der Waals surface area contributed by atoms with Gasteiger partial charge in [0.15, 0.2) is 0 Å². The minimum atomic E-state index is 1.04. The Balaban J connectivity index is 2.64. The van der Waals surface area contributed by atoms with E-state index in [1.165, 1.54) is 36.1 Å². The number of hydrogen-bond donors (Lipinski definition) is 1. The van der Waals surface area contributed by atoms with Crippen molar-refractivity contribution in [1.29, 1.82) is 0 Å². The second-order valence-electron chi connectivity index (χ2n) is 4.72. The van der Waals surface area contributed by atoms with Crippen molar-refractivity contribution in [3.8, 4) is 0 Å². The maximum atomic E-state index is 4.03. The number of nitrogens with one attached hydrogen (secondary N) is 1.